The molecule has 4 rings (SSSR count). The van der Waals surface area contributed by atoms with Crippen LogP contribution in [0.4, 0.5) is 5.69 Å². The van der Waals surface area contributed by atoms with Crippen LogP contribution in [0.5, 0.6) is 11.5 Å². The standard InChI is InChI=1S/C17H10ClNO3S2/c18-12-8-14-13(21-9-22-14)6-10(12)7-15-16(20)19(17(23)24-15)11-4-2-1-3-5-11/h1-8H,9H2/b15-7+. The van der Waals surface area contributed by atoms with Crippen molar-refractivity contribution in [2.45, 2.75) is 0 Å². The zero-order chi connectivity index (χ0) is 16.7. The lowest BCUT2D eigenvalue weighted by Crippen LogP contribution is -2.27. The number of para-hydroxylation sites is 1. The van der Waals surface area contributed by atoms with Gasteiger partial charge < -0.3 is 9.47 Å². The fourth-order valence-electron chi connectivity index (χ4n) is 2.45. The van der Waals surface area contributed by atoms with E-state index in [1.807, 2.05) is 30.3 Å². The number of hydrogen-bond acceptors (Lipinski definition) is 5. The first kappa shape index (κ1) is 15.5. The van der Waals surface area contributed by atoms with Crippen LogP contribution in [-0.2, 0) is 4.79 Å². The van der Waals surface area contributed by atoms with Gasteiger partial charge in [-0.2, -0.15) is 0 Å². The van der Waals surface area contributed by atoms with Crippen LogP contribution in [0.3, 0.4) is 0 Å². The molecule has 1 fully saturated rings. The molecule has 0 bridgehead atoms. The predicted molar refractivity (Wildman–Crippen MR) is 99.7 cm³/mol. The number of nitrogens with zero attached hydrogens (tertiary/aromatic N) is 1. The SMILES string of the molecule is O=C1/C(=C\c2cc3c(cc2Cl)OCO3)SC(=S)N1c1ccccc1. The van der Waals surface area contributed by atoms with Crippen LogP contribution in [0, 0.1) is 0 Å². The number of halogens is 1. The van der Waals surface area contributed by atoms with Crippen molar-refractivity contribution in [2.75, 3.05) is 11.7 Å². The van der Waals surface area contributed by atoms with Gasteiger partial charge in [0.2, 0.25) is 6.79 Å². The molecule has 2 heterocycles. The normalized spacial score (nSPS) is 17.9. The van der Waals surface area contributed by atoms with E-state index in [1.165, 1.54) is 16.7 Å². The van der Waals surface area contributed by atoms with Gasteiger partial charge in [0, 0.05) is 6.07 Å². The topological polar surface area (TPSA) is 38.8 Å². The molecule has 0 radical (unpaired) electrons. The summed E-state index contributed by atoms with van der Waals surface area (Å²) in [5.41, 5.74) is 1.44. The maximum atomic E-state index is 12.7. The van der Waals surface area contributed by atoms with E-state index in [2.05, 4.69) is 0 Å². The van der Waals surface area contributed by atoms with Gasteiger partial charge in [-0.1, -0.05) is 53.8 Å². The van der Waals surface area contributed by atoms with Gasteiger partial charge in [-0.05, 0) is 29.8 Å². The molecule has 0 atom stereocenters. The first-order chi connectivity index (χ1) is 11.6. The Balaban J connectivity index is 1.70. The number of ether oxygens (including phenoxy) is 2. The van der Waals surface area contributed by atoms with Crippen molar-refractivity contribution in [3.63, 3.8) is 0 Å². The second-order valence-corrected chi connectivity index (χ2v) is 7.16. The highest BCUT2D eigenvalue weighted by Crippen LogP contribution is 2.40. The minimum Gasteiger partial charge on any atom is -0.454 e. The van der Waals surface area contributed by atoms with Gasteiger partial charge in [0.05, 0.1) is 15.6 Å². The molecule has 4 nitrogen and oxygen atoms in total. The van der Waals surface area contributed by atoms with E-state index in [-0.39, 0.29) is 12.7 Å². The van der Waals surface area contributed by atoms with Crippen molar-refractivity contribution in [3.8, 4) is 11.5 Å². The molecule has 2 aliphatic rings. The number of carbonyl (C=O) groups excluding carboxylic acids is 1. The van der Waals surface area contributed by atoms with Crippen LogP contribution >= 0.6 is 35.6 Å². The maximum Gasteiger partial charge on any atom is 0.270 e. The van der Waals surface area contributed by atoms with Gasteiger partial charge in [0.1, 0.15) is 0 Å². The number of benzene rings is 2. The van der Waals surface area contributed by atoms with Crippen molar-refractivity contribution >= 4 is 57.6 Å². The zero-order valence-corrected chi connectivity index (χ0v) is 14.6. The highest BCUT2D eigenvalue weighted by atomic mass is 35.5. The molecule has 24 heavy (non-hydrogen) atoms. The number of thiocarbonyl (C=S) groups is 1. The van der Waals surface area contributed by atoms with E-state index >= 15 is 0 Å². The van der Waals surface area contributed by atoms with Gasteiger partial charge in [-0.15, -0.1) is 0 Å². The van der Waals surface area contributed by atoms with Gasteiger partial charge in [0.25, 0.3) is 5.91 Å². The smallest absolute Gasteiger partial charge is 0.270 e. The van der Waals surface area contributed by atoms with Crippen molar-refractivity contribution in [1.82, 2.24) is 0 Å². The fraction of sp³-hybridized carbons (Fsp3) is 0.0588. The average Bonchev–Trinajstić information content (AvgIpc) is 3.13. The minimum atomic E-state index is -0.162. The van der Waals surface area contributed by atoms with E-state index < -0.39 is 0 Å². The van der Waals surface area contributed by atoms with Crippen molar-refractivity contribution in [2.24, 2.45) is 0 Å². The second kappa shape index (κ2) is 6.12. The molecule has 2 aromatic carbocycles. The maximum absolute atomic E-state index is 12.7. The first-order valence-corrected chi connectivity index (χ1v) is 8.66. The van der Waals surface area contributed by atoms with Gasteiger partial charge in [-0.3, -0.25) is 9.69 Å². The summed E-state index contributed by atoms with van der Waals surface area (Å²) >= 11 is 12.9. The lowest BCUT2D eigenvalue weighted by Gasteiger charge is -2.13. The lowest BCUT2D eigenvalue weighted by atomic mass is 10.1. The van der Waals surface area contributed by atoms with E-state index in [0.717, 1.165) is 5.69 Å². The van der Waals surface area contributed by atoms with Crippen LogP contribution in [0.2, 0.25) is 5.02 Å². The molecule has 0 unspecified atom stereocenters. The second-order valence-electron chi connectivity index (χ2n) is 5.08. The van der Waals surface area contributed by atoms with Gasteiger partial charge in [0.15, 0.2) is 15.8 Å². The summed E-state index contributed by atoms with van der Waals surface area (Å²) in [7, 11) is 0. The Bertz CT molecular complexity index is 883. The Morgan fingerprint density at radius 1 is 1.17 bits per heavy atom. The quantitative estimate of drug-likeness (QED) is 0.571. The van der Waals surface area contributed by atoms with Gasteiger partial charge >= 0.3 is 0 Å². The van der Waals surface area contributed by atoms with E-state index in [0.29, 0.717) is 31.3 Å². The highest BCUT2D eigenvalue weighted by Gasteiger charge is 2.33. The summed E-state index contributed by atoms with van der Waals surface area (Å²) in [6.07, 6.45) is 1.73. The number of fused-ring (bicyclic) bond motifs is 1. The molecule has 0 saturated carbocycles. The van der Waals surface area contributed by atoms with Crippen molar-refractivity contribution < 1.29 is 14.3 Å². The number of thioether (sulfide) groups is 1. The Morgan fingerprint density at radius 2 is 1.88 bits per heavy atom. The molecule has 1 saturated heterocycles. The van der Waals surface area contributed by atoms with E-state index in [9.17, 15) is 4.79 Å². The molecular weight excluding hydrogens is 366 g/mol. The molecule has 2 aliphatic heterocycles. The molecule has 0 aromatic heterocycles. The molecule has 7 heteroatoms. The predicted octanol–water partition coefficient (Wildman–Crippen LogP) is 4.47. The Morgan fingerprint density at radius 3 is 2.62 bits per heavy atom. The van der Waals surface area contributed by atoms with Crippen molar-refractivity contribution in [3.05, 3.63) is 58.0 Å². The third-order valence-electron chi connectivity index (χ3n) is 3.59. The van der Waals surface area contributed by atoms with Crippen LogP contribution in [0.15, 0.2) is 47.4 Å². The van der Waals surface area contributed by atoms with Crippen LogP contribution in [-0.4, -0.2) is 17.0 Å². The van der Waals surface area contributed by atoms with E-state index in [4.69, 9.17) is 33.3 Å². The fourth-order valence-corrected chi connectivity index (χ4v) is 3.95. The zero-order valence-electron chi connectivity index (χ0n) is 12.2. The summed E-state index contributed by atoms with van der Waals surface area (Å²) in [5.74, 6) is 1.06. The highest BCUT2D eigenvalue weighted by molar-refractivity contribution is 8.27. The molecule has 0 aliphatic carbocycles. The number of anilines is 1. The van der Waals surface area contributed by atoms with Gasteiger partial charge in [-0.25, -0.2) is 0 Å². The Labute approximate surface area is 153 Å². The number of carbonyl (C=O) groups is 1. The third kappa shape index (κ3) is 2.66. The van der Waals surface area contributed by atoms with Crippen LogP contribution in [0.25, 0.3) is 6.08 Å². The summed E-state index contributed by atoms with van der Waals surface area (Å²) in [6, 6.07) is 12.8. The lowest BCUT2D eigenvalue weighted by molar-refractivity contribution is -0.113. The molecule has 0 N–H and O–H groups in total. The molecule has 2 aromatic rings. The summed E-state index contributed by atoms with van der Waals surface area (Å²) in [4.78, 5) is 14.8. The van der Waals surface area contributed by atoms with Crippen molar-refractivity contribution in [1.29, 1.82) is 0 Å². The molecular formula is C17H10ClNO3S2. The Kier molecular flexibility index (Phi) is 3.96. The third-order valence-corrected chi connectivity index (χ3v) is 5.22. The number of hydrogen-bond donors (Lipinski definition) is 0. The number of amides is 1. The summed E-state index contributed by atoms with van der Waals surface area (Å²) < 4.78 is 11.1. The Hall–Kier alpha value is -2.02. The van der Waals surface area contributed by atoms with Crippen LogP contribution < -0.4 is 14.4 Å². The first-order valence-electron chi connectivity index (χ1n) is 7.05. The largest absolute Gasteiger partial charge is 0.454 e. The average molecular weight is 376 g/mol. The molecule has 1 amide bonds. The van der Waals surface area contributed by atoms with E-state index in [1.54, 1.807) is 18.2 Å². The molecule has 0 spiro atoms. The summed E-state index contributed by atoms with van der Waals surface area (Å²) in [6.45, 7) is 0.172. The summed E-state index contributed by atoms with van der Waals surface area (Å²) in [5, 5.41) is 0.490. The molecule has 120 valence electrons. The monoisotopic (exact) mass is 375 g/mol. The minimum absolute atomic E-state index is 0.162. The van der Waals surface area contributed by atoms with Crippen LogP contribution in [0.1, 0.15) is 5.56 Å². The number of rotatable bonds is 2.